The van der Waals surface area contributed by atoms with E-state index in [0.29, 0.717) is 6.61 Å². The van der Waals surface area contributed by atoms with E-state index < -0.39 is 8.32 Å². The largest absolute Gasteiger partial charge is 0.484 e. The van der Waals surface area contributed by atoms with E-state index in [2.05, 4.69) is 38.8 Å². The van der Waals surface area contributed by atoms with Crippen LogP contribution in [0.3, 0.4) is 0 Å². The van der Waals surface area contributed by atoms with E-state index in [1.807, 2.05) is 18.2 Å². The van der Waals surface area contributed by atoms with Crippen LogP contribution in [0, 0.1) is 5.82 Å². The number of ether oxygens (including phenoxy) is 1. The summed E-state index contributed by atoms with van der Waals surface area (Å²) in [6.45, 7) is 11.8. The minimum absolute atomic E-state index is 0.165. The molecule has 0 spiro atoms. The molecule has 1 aromatic heterocycles. The van der Waals surface area contributed by atoms with Gasteiger partial charge >= 0.3 is 0 Å². The lowest BCUT2D eigenvalue weighted by Crippen LogP contribution is -2.40. The molecule has 0 aliphatic carbocycles. The standard InChI is InChI=1S/C19H26FNO2Si/c1-19(2,3)24(4,5)23-14-16-10-8-9-15(21-16)13-22-18-12-7-6-11-17(18)20/h6-12H,13-14H2,1-5H3. The molecule has 0 aliphatic heterocycles. The normalized spacial score (nSPS) is 12.2. The van der Waals surface area contributed by atoms with Gasteiger partial charge in [0.15, 0.2) is 19.9 Å². The topological polar surface area (TPSA) is 31.4 Å². The van der Waals surface area contributed by atoms with Crippen LogP contribution in [0.15, 0.2) is 42.5 Å². The predicted molar refractivity (Wildman–Crippen MR) is 97.0 cm³/mol. The maximum atomic E-state index is 13.6. The van der Waals surface area contributed by atoms with Gasteiger partial charge in [0.05, 0.1) is 18.0 Å². The molecule has 0 unspecified atom stereocenters. The van der Waals surface area contributed by atoms with E-state index >= 15 is 0 Å². The summed E-state index contributed by atoms with van der Waals surface area (Å²) >= 11 is 0. The number of nitrogens with zero attached hydrogens (tertiary/aromatic N) is 1. The van der Waals surface area contributed by atoms with Gasteiger partial charge in [0.2, 0.25) is 0 Å². The third-order valence-electron chi connectivity index (χ3n) is 4.46. The van der Waals surface area contributed by atoms with E-state index in [4.69, 9.17) is 9.16 Å². The van der Waals surface area contributed by atoms with Crippen molar-refractivity contribution in [2.45, 2.75) is 52.1 Å². The molecular weight excluding hydrogens is 321 g/mol. The maximum absolute atomic E-state index is 13.6. The molecule has 0 radical (unpaired) electrons. The number of para-hydroxylation sites is 1. The van der Waals surface area contributed by atoms with Crippen LogP contribution in [0.5, 0.6) is 5.75 Å². The fourth-order valence-electron chi connectivity index (χ4n) is 1.87. The Morgan fingerprint density at radius 2 is 1.58 bits per heavy atom. The highest BCUT2D eigenvalue weighted by molar-refractivity contribution is 6.74. The zero-order valence-corrected chi connectivity index (χ0v) is 16.1. The molecule has 130 valence electrons. The van der Waals surface area contributed by atoms with Gasteiger partial charge in [0.25, 0.3) is 0 Å². The molecule has 24 heavy (non-hydrogen) atoms. The average molecular weight is 348 g/mol. The molecule has 0 saturated heterocycles. The van der Waals surface area contributed by atoms with Crippen molar-refractivity contribution in [3.05, 3.63) is 59.7 Å². The summed E-state index contributed by atoms with van der Waals surface area (Å²) in [5.41, 5.74) is 1.63. The molecule has 0 aliphatic rings. The van der Waals surface area contributed by atoms with Crippen LogP contribution in [0.4, 0.5) is 4.39 Å². The van der Waals surface area contributed by atoms with Gasteiger partial charge in [0.1, 0.15) is 6.61 Å². The molecular formula is C19H26FNO2Si. The third-order valence-corrected chi connectivity index (χ3v) is 8.94. The minimum Gasteiger partial charge on any atom is -0.484 e. The highest BCUT2D eigenvalue weighted by atomic mass is 28.4. The summed E-state index contributed by atoms with van der Waals surface area (Å²) in [5, 5.41) is 0.165. The number of aromatic nitrogens is 1. The molecule has 0 fully saturated rings. The molecule has 0 saturated carbocycles. The van der Waals surface area contributed by atoms with Gasteiger partial charge in [-0.3, -0.25) is 4.98 Å². The van der Waals surface area contributed by atoms with Gasteiger partial charge in [-0.25, -0.2) is 4.39 Å². The van der Waals surface area contributed by atoms with Gasteiger partial charge < -0.3 is 9.16 Å². The zero-order chi connectivity index (χ0) is 17.8. The second-order valence-corrected chi connectivity index (χ2v) is 12.2. The van der Waals surface area contributed by atoms with E-state index in [1.54, 1.807) is 18.2 Å². The first kappa shape index (κ1) is 18.6. The summed E-state index contributed by atoms with van der Waals surface area (Å²) in [4.78, 5) is 4.55. The van der Waals surface area contributed by atoms with Gasteiger partial charge in [-0.15, -0.1) is 0 Å². The number of benzene rings is 1. The monoisotopic (exact) mass is 347 g/mol. The van der Waals surface area contributed by atoms with Crippen LogP contribution in [-0.4, -0.2) is 13.3 Å². The first-order valence-corrected chi connectivity index (χ1v) is 11.1. The molecule has 1 heterocycles. The average Bonchev–Trinajstić information content (AvgIpc) is 2.52. The fraction of sp³-hybridized carbons (Fsp3) is 0.421. The maximum Gasteiger partial charge on any atom is 0.192 e. The Kier molecular flexibility index (Phi) is 5.77. The van der Waals surface area contributed by atoms with Crippen molar-refractivity contribution in [1.82, 2.24) is 4.98 Å². The van der Waals surface area contributed by atoms with Crippen LogP contribution in [0.2, 0.25) is 18.1 Å². The molecule has 5 heteroatoms. The Bertz CT molecular complexity index is 683. The van der Waals surface area contributed by atoms with E-state index in [9.17, 15) is 4.39 Å². The molecule has 0 N–H and O–H groups in total. The van der Waals surface area contributed by atoms with Crippen molar-refractivity contribution < 1.29 is 13.6 Å². The van der Waals surface area contributed by atoms with E-state index in [-0.39, 0.29) is 23.2 Å². The molecule has 3 nitrogen and oxygen atoms in total. The molecule has 2 aromatic rings. The van der Waals surface area contributed by atoms with Crippen molar-refractivity contribution in [2.24, 2.45) is 0 Å². The fourth-order valence-corrected chi connectivity index (χ4v) is 2.82. The highest BCUT2D eigenvalue weighted by Crippen LogP contribution is 2.36. The second kappa shape index (κ2) is 7.45. The predicted octanol–water partition coefficient (Wildman–Crippen LogP) is 5.32. The smallest absolute Gasteiger partial charge is 0.192 e. The van der Waals surface area contributed by atoms with Crippen molar-refractivity contribution in [3.8, 4) is 5.75 Å². The number of rotatable bonds is 6. The van der Waals surface area contributed by atoms with Gasteiger partial charge in [-0.1, -0.05) is 39.0 Å². The molecule has 1 aromatic carbocycles. The van der Waals surface area contributed by atoms with Crippen LogP contribution in [0.1, 0.15) is 32.2 Å². The van der Waals surface area contributed by atoms with Crippen molar-refractivity contribution >= 4 is 8.32 Å². The van der Waals surface area contributed by atoms with E-state index in [0.717, 1.165) is 11.4 Å². The third kappa shape index (κ3) is 4.88. The van der Waals surface area contributed by atoms with Crippen LogP contribution in [-0.2, 0) is 17.6 Å². The number of pyridine rings is 1. The van der Waals surface area contributed by atoms with Crippen molar-refractivity contribution in [3.63, 3.8) is 0 Å². The van der Waals surface area contributed by atoms with Gasteiger partial charge in [-0.05, 0) is 42.4 Å². The van der Waals surface area contributed by atoms with Crippen LogP contribution < -0.4 is 4.74 Å². The molecule has 0 atom stereocenters. The summed E-state index contributed by atoms with van der Waals surface area (Å²) in [6.07, 6.45) is 0. The van der Waals surface area contributed by atoms with Crippen LogP contribution >= 0.6 is 0 Å². The first-order valence-electron chi connectivity index (χ1n) is 8.15. The Balaban J connectivity index is 1.98. The molecule has 0 amide bonds. The summed E-state index contributed by atoms with van der Waals surface area (Å²) < 4.78 is 25.3. The van der Waals surface area contributed by atoms with Crippen molar-refractivity contribution in [1.29, 1.82) is 0 Å². The van der Waals surface area contributed by atoms with Gasteiger partial charge in [0, 0.05) is 0 Å². The number of hydrogen-bond donors (Lipinski definition) is 0. The van der Waals surface area contributed by atoms with E-state index in [1.165, 1.54) is 6.07 Å². The number of halogens is 1. The van der Waals surface area contributed by atoms with Crippen LogP contribution in [0.25, 0.3) is 0 Å². The zero-order valence-electron chi connectivity index (χ0n) is 15.1. The quantitative estimate of drug-likeness (QED) is 0.663. The lowest BCUT2D eigenvalue weighted by molar-refractivity contribution is 0.267. The second-order valence-electron chi connectivity index (χ2n) is 7.39. The first-order chi connectivity index (χ1) is 11.2. The Morgan fingerprint density at radius 1 is 0.958 bits per heavy atom. The molecule has 2 rings (SSSR count). The Morgan fingerprint density at radius 3 is 2.21 bits per heavy atom. The lowest BCUT2D eigenvalue weighted by atomic mass is 10.2. The lowest BCUT2D eigenvalue weighted by Gasteiger charge is -2.36. The van der Waals surface area contributed by atoms with Crippen molar-refractivity contribution in [2.75, 3.05) is 0 Å². The summed E-state index contributed by atoms with van der Waals surface area (Å²) in [7, 11) is -1.80. The Hall–Kier alpha value is -1.72. The summed E-state index contributed by atoms with van der Waals surface area (Å²) in [5.74, 6) is -0.128. The van der Waals surface area contributed by atoms with Gasteiger partial charge in [-0.2, -0.15) is 0 Å². The number of hydrogen-bond acceptors (Lipinski definition) is 3. The summed E-state index contributed by atoms with van der Waals surface area (Å²) in [6, 6.07) is 12.1. The minimum atomic E-state index is -1.80. The SMILES string of the molecule is CC(C)(C)[Si](C)(C)OCc1cccc(COc2ccccc2F)n1. The highest BCUT2D eigenvalue weighted by Gasteiger charge is 2.37. The molecule has 0 bridgehead atoms. The Labute approximate surface area is 145 Å².